The molecule has 3 aliphatic heterocycles. The zero-order valence-electron chi connectivity index (χ0n) is 18.7. The molecule has 2 N–H and O–H groups in total. The second-order valence-corrected chi connectivity index (χ2v) is 12.6. The number of halogens is 1. The maximum absolute atomic E-state index is 12.1. The molecule has 11 heteroatoms. The Hall–Kier alpha value is -1.25. The van der Waals surface area contributed by atoms with Gasteiger partial charge >= 0.3 is 0 Å². The van der Waals surface area contributed by atoms with Crippen molar-refractivity contribution in [2.24, 2.45) is 0 Å². The zero-order chi connectivity index (χ0) is 23.2. The summed E-state index contributed by atoms with van der Waals surface area (Å²) in [6.45, 7) is 9.99. The number of nitrogens with zero attached hydrogens (tertiary/aromatic N) is 3. The van der Waals surface area contributed by atoms with Gasteiger partial charge in [0.05, 0.1) is 24.6 Å². The minimum atomic E-state index is -3.38. The fourth-order valence-corrected chi connectivity index (χ4v) is 7.42. The summed E-state index contributed by atoms with van der Waals surface area (Å²) in [5.74, 6) is 0. The number of rotatable bonds is 4. The lowest BCUT2D eigenvalue weighted by molar-refractivity contribution is 0.122. The highest BCUT2D eigenvalue weighted by Crippen LogP contribution is 2.49. The smallest absolute Gasteiger partial charge is 0.288 e. The van der Waals surface area contributed by atoms with Crippen LogP contribution < -0.4 is 18.1 Å². The Balaban J connectivity index is 1.39. The van der Waals surface area contributed by atoms with E-state index in [0.29, 0.717) is 26.2 Å². The Morgan fingerprint density at radius 1 is 0.879 bits per heavy atom. The van der Waals surface area contributed by atoms with Crippen molar-refractivity contribution in [3.63, 3.8) is 0 Å². The molecule has 0 aromatic heterocycles. The van der Waals surface area contributed by atoms with E-state index in [1.807, 2.05) is 11.8 Å². The standard InChI is InChI=1S/C22H28IN5O3S2/c1-15-11-17(26-3-5-28(6-4-26)33(29,30)25-23)13-19-21(15)24-22-16(2)12-18(14-20(22)32-19)27-7-9-31-10-8-27/h11-14,24-25H,3-10H2,1-2H3. The number of hydrogen-bond donors (Lipinski definition) is 2. The van der Waals surface area contributed by atoms with E-state index in [1.165, 1.54) is 36.6 Å². The van der Waals surface area contributed by atoms with Gasteiger partial charge in [-0.2, -0.15) is 12.7 Å². The number of benzene rings is 2. The summed E-state index contributed by atoms with van der Waals surface area (Å²) >= 11 is 3.50. The number of piperazine rings is 1. The topological polar surface area (TPSA) is 77.2 Å². The van der Waals surface area contributed by atoms with Crippen LogP contribution in [0.5, 0.6) is 0 Å². The molecule has 0 atom stereocenters. The first kappa shape index (κ1) is 23.5. The van der Waals surface area contributed by atoms with Crippen molar-refractivity contribution in [2.45, 2.75) is 23.6 Å². The third-order valence-electron chi connectivity index (χ3n) is 6.46. The molecular formula is C22H28IN5O3S2. The number of fused-ring (bicyclic) bond motifs is 2. The first-order chi connectivity index (χ1) is 15.9. The molecule has 0 bridgehead atoms. The van der Waals surface area contributed by atoms with Crippen molar-refractivity contribution >= 4 is 67.6 Å². The van der Waals surface area contributed by atoms with E-state index >= 15 is 0 Å². The highest BCUT2D eigenvalue weighted by Gasteiger charge is 2.28. The van der Waals surface area contributed by atoms with Crippen LogP contribution in [0.25, 0.3) is 0 Å². The van der Waals surface area contributed by atoms with E-state index in [0.717, 1.165) is 37.7 Å². The van der Waals surface area contributed by atoms with Crippen LogP contribution >= 0.6 is 34.6 Å². The van der Waals surface area contributed by atoms with Crippen molar-refractivity contribution < 1.29 is 13.2 Å². The third-order valence-corrected chi connectivity index (χ3v) is 10.4. The molecule has 0 aliphatic carbocycles. The highest BCUT2D eigenvalue weighted by atomic mass is 127. The zero-order valence-corrected chi connectivity index (χ0v) is 22.5. The van der Waals surface area contributed by atoms with Crippen LogP contribution in [0, 0.1) is 13.8 Å². The SMILES string of the molecule is Cc1cc(N2CCOCC2)cc2c1Nc1c(C)cc(N3CCN(S(=O)(=O)NI)CC3)cc1S2. The molecule has 8 nitrogen and oxygen atoms in total. The van der Waals surface area contributed by atoms with Crippen molar-refractivity contribution in [3.8, 4) is 0 Å². The summed E-state index contributed by atoms with van der Waals surface area (Å²) in [6, 6.07) is 9.00. The van der Waals surface area contributed by atoms with Crippen LogP contribution in [0.3, 0.4) is 0 Å². The predicted octanol–water partition coefficient (Wildman–Crippen LogP) is 3.65. The molecule has 3 heterocycles. The predicted molar refractivity (Wildman–Crippen MR) is 143 cm³/mol. The van der Waals surface area contributed by atoms with Gasteiger partial charge in [0.1, 0.15) is 0 Å². The minimum Gasteiger partial charge on any atom is -0.378 e. The Bertz CT molecular complexity index is 1160. The van der Waals surface area contributed by atoms with Gasteiger partial charge in [-0.25, -0.2) is 0 Å². The van der Waals surface area contributed by atoms with Crippen LogP contribution in [0.1, 0.15) is 11.1 Å². The molecule has 2 aromatic carbocycles. The number of nitrogens with one attached hydrogen (secondary N) is 2. The Morgan fingerprint density at radius 2 is 1.39 bits per heavy atom. The Labute approximate surface area is 213 Å². The van der Waals surface area contributed by atoms with E-state index in [9.17, 15) is 8.42 Å². The first-order valence-corrected chi connectivity index (χ1v) is 14.4. The van der Waals surface area contributed by atoms with Gasteiger partial charge in [-0.15, -0.1) is 2.94 Å². The fourth-order valence-electron chi connectivity index (χ4n) is 4.62. The lowest BCUT2D eigenvalue weighted by Gasteiger charge is -2.36. The molecule has 2 aromatic rings. The lowest BCUT2D eigenvalue weighted by Crippen LogP contribution is -2.50. The number of ether oxygens (including phenoxy) is 1. The van der Waals surface area contributed by atoms with Gasteiger partial charge in [0.25, 0.3) is 10.2 Å². The molecule has 2 saturated heterocycles. The average molecular weight is 602 g/mol. The van der Waals surface area contributed by atoms with Crippen molar-refractivity contribution in [1.29, 1.82) is 0 Å². The molecule has 0 unspecified atom stereocenters. The second-order valence-electron chi connectivity index (χ2n) is 8.57. The van der Waals surface area contributed by atoms with Gasteiger partial charge in [-0.3, -0.25) is 0 Å². The molecule has 3 aliphatic rings. The normalized spacial score (nSPS) is 19.1. The summed E-state index contributed by atoms with van der Waals surface area (Å²) in [5, 5.41) is 3.69. The van der Waals surface area contributed by atoms with Crippen LogP contribution in [0.2, 0.25) is 0 Å². The van der Waals surface area contributed by atoms with Crippen molar-refractivity contribution in [1.82, 2.24) is 7.24 Å². The van der Waals surface area contributed by atoms with Crippen LogP contribution in [-0.2, 0) is 14.9 Å². The molecule has 0 amide bonds. The Kier molecular flexibility index (Phi) is 6.71. The number of morpholine rings is 1. The van der Waals surface area contributed by atoms with Crippen LogP contribution in [0.15, 0.2) is 34.1 Å². The molecule has 0 spiro atoms. The third kappa shape index (κ3) is 4.67. The van der Waals surface area contributed by atoms with Crippen LogP contribution in [0.4, 0.5) is 22.7 Å². The summed E-state index contributed by atoms with van der Waals surface area (Å²) in [4.78, 5) is 7.12. The molecule has 178 valence electrons. The first-order valence-electron chi connectivity index (χ1n) is 11.0. The summed E-state index contributed by atoms with van der Waals surface area (Å²) < 4.78 is 33.6. The van der Waals surface area contributed by atoms with Crippen molar-refractivity contribution in [2.75, 3.05) is 67.6 Å². The minimum absolute atomic E-state index is 0.477. The fraction of sp³-hybridized carbons (Fsp3) is 0.455. The van der Waals surface area contributed by atoms with E-state index in [-0.39, 0.29) is 0 Å². The molecule has 33 heavy (non-hydrogen) atoms. The van der Waals surface area contributed by atoms with E-state index in [2.05, 4.69) is 56.2 Å². The monoisotopic (exact) mass is 601 g/mol. The average Bonchev–Trinajstić information content (AvgIpc) is 2.83. The van der Waals surface area contributed by atoms with E-state index < -0.39 is 10.2 Å². The van der Waals surface area contributed by atoms with Crippen LogP contribution in [-0.4, -0.2) is 65.2 Å². The highest BCUT2D eigenvalue weighted by molar-refractivity contribution is 14.1. The maximum Gasteiger partial charge on any atom is 0.288 e. The molecule has 0 radical (unpaired) electrons. The molecular weight excluding hydrogens is 573 g/mol. The maximum atomic E-state index is 12.1. The van der Waals surface area contributed by atoms with Gasteiger partial charge < -0.3 is 19.9 Å². The Morgan fingerprint density at radius 3 is 1.91 bits per heavy atom. The van der Waals surface area contributed by atoms with E-state index in [1.54, 1.807) is 22.9 Å². The molecule has 2 fully saturated rings. The largest absolute Gasteiger partial charge is 0.378 e. The van der Waals surface area contributed by atoms with Crippen molar-refractivity contribution in [3.05, 3.63) is 35.4 Å². The van der Waals surface area contributed by atoms with Gasteiger partial charge in [-0.05, 0) is 49.2 Å². The van der Waals surface area contributed by atoms with E-state index in [4.69, 9.17) is 4.74 Å². The quantitative estimate of drug-likeness (QED) is 0.350. The van der Waals surface area contributed by atoms with Gasteiger partial charge in [-0.1, -0.05) is 11.8 Å². The van der Waals surface area contributed by atoms with Gasteiger partial charge in [0, 0.05) is 83.3 Å². The number of hydrogen-bond acceptors (Lipinski definition) is 7. The number of aryl methyl sites for hydroxylation is 2. The van der Waals surface area contributed by atoms with Gasteiger partial charge in [0.2, 0.25) is 0 Å². The summed E-state index contributed by atoms with van der Waals surface area (Å²) in [5.41, 5.74) is 7.18. The summed E-state index contributed by atoms with van der Waals surface area (Å²) in [6.07, 6.45) is 0. The molecule has 5 rings (SSSR count). The summed E-state index contributed by atoms with van der Waals surface area (Å²) in [7, 11) is -3.38. The molecule has 0 saturated carbocycles. The lowest BCUT2D eigenvalue weighted by atomic mass is 10.1. The second kappa shape index (κ2) is 9.42. The van der Waals surface area contributed by atoms with Gasteiger partial charge in [0.15, 0.2) is 0 Å². The number of anilines is 4.